The molecular formula is C14H21NO4S. The molecule has 0 atom stereocenters. The van der Waals surface area contributed by atoms with Crippen LogP contribution in [0.5, 0.6) is 5.75 Å². The van der Waals surface area contributed by atoms with Crippen LogP contribution in [-0.2, 0) is 14.9 Å². The number of methoxy groups -OCH3 is 1. The summed E-state index contributed by atoms with van der Waals surface area (Å²) in [7, 11) is -2.10. The number of sulfonamides is 1. The molecule has 1 aromatic carbocycles. The molecule has 0 unspecified atom stereocenters. The molecule has 1 saturated carbocycles. The lowest BCUT2D eigenvalue weighted by atomic mass is 10.1. The van der Waals surface area contributed by atoms with Crippen molar-refractivity contribution in [2.45, 2.75) is 50.5 Å². The first-order valence-electron chi connectivity index (χ1n) is 6.76. The third kappa shape index (κ3) is 3.31. The van der Waals surface area contributed by atoms with E-state index in [-0.39, 0.29) is 11.0 Å². The molecular weight excluding hydrogens is 278 g/mol. The molecule has 112 valence electrons. The van der Waals surface area contributed by atoms with E-state index in [1.54, 1.807) is 33.1 Å². The van der Waals surface area contributed by atoms with Crippen LogP contribution in [0.2, 0.25) is 0 Å². The Morgan fingerprint density at radius 2 is 1.70 bits per heavy atom. The van der Waals surface area contributed by atoms with Crippen molar-refractivity contribution in [1.82, 2.24) is 4.89 Å². The van der Waals surface area contributed by atoms with Gasteiger partial charge in [-0.3, -0.25) is 4.84 Å². The van der Waals surface area contributed by atoms with Crippen LogP contribution in [0.3, 0.4) is 0 Å². The number of ether oxygens (including phenoxy) is 1. The molecule has 1 N–H and O–H groups in total. The standard InChI is InChI=1S/C14H21NO4S/c1-10-8-13(18-3)9-11(2)14(10)20(16,17)15-19-12-6-4-5-7-12/h8-9,12,15H,4-7H2,1-3H3. The van der Waals surface area contributed by atoms with Crippen molar-refractivity contribution in [2.75, 3.05) is 7.11 Å². The summed E-state index contributed by atoms with van der Waals surface area (Å²) >= 11 is 0. The highest BCUT2D eigenvalue weighted by atomic mass is 32.2. The minimum absolute atomic E-state index is 0.0105. The van der Waals surface area contributed by atoms with Crippen LogP contribution in [0.4, 0.5) is 0 Å². The second-order valence-corrected chi connectivity index (χ2v) is 6.78. The lowest BCUT2D eigenvalue weighted by Gasteiger charge is -2.15. The maximum Gasteiger partial charge on any atom is 0.263 e. The molecule has 1 aliphatic carbocycles. The molecule has 0 radical (unpaired) electrons. The molecule has 0 aromatic heterocycles. The van der Waals surface area contributed by atoms with E-state index in [0.717, 1.165) is 25.7 Å². The first-order chi connectivity index (χ1) is 9.44. The zero-order valence-electron chi connectivity index (χ0n) is 12.1. The van der Waals surface area contributed by atoms with Gasteiger partial charge in [0.25, 0.3) is 10.0 Å². The molecule has 5 nitrogen and oxygen atoms in total. The van der Waals surface area contributed by atoms with Crippen molar-refractivity contribution in [3.8, 4) is 5.75 Å². The van der Waals surface area contributed by atoms with Gasteiger partial charge in [0, 0.05) is 0 Å². The van der Waals surface area contributed by atoms with Crippen LogP contribution < -0.4 is 9.62 Å². The van der Waals surface area contributed by atoms with Gasteiger partial charge in [-0.15, -0.1) is 0 Å². The highest BCUT2D eigenvalue weighted by molar-refractivity contribution is 7.89. The first-order valence-corrected chi connectivity index (χ1v) is 8.25. The zero-order valence-corrected chi connectivity index (χ0v) is 12.9. The lowest BCUT2D eigenvalue weighted by molar-refractivity contribution is 0.0223. The van der Waals surface area contributed by atoms with Crippen LogP contribution in [-0.4, -0.2) is 21.6 Å². The van der Waals surface area contributed by atoms with Crippen LogP contribution in [0, 0.1) is 13.8 Å². The van der Waals surface area contributed by atoms with Crippen molar-refractivity contribution >= 4 is 10.0 Å². The van der Waals surface area contributed by atoms with Crippen molar-refractivity contribution in [1.29, 1.82) is 0 Å². The zero-order chi connectivity index (χ0) is 14.8. The van der Waals surface area contributed by atoms with Gasteiger partial charge in [-0.1, -0.05) is 17.7 Å². The minimum Gasteiger partial charge on any atom is -0.497 e. The van der Waals surface area contributed by atoms with Gasteiger partial charge in [-0.05, 0) is 49.9 Å². The molecule has 0 aliphatic heterocycles. The summed E-state index contributed by atoms with van der Waals surface area (Å²) < 4.78 is 29.8. The molecule has 0 bridgehead atoms. The van der Waals surface area contributed by atoms with Gasteiger partial charge in [-0.2, -0.15) is 0 Å². The van der Waals surface area contributed by atoms with Gasteiger partial charge in [0.05, 0.1) is 18.1 Å². The third-order valence-electron chi connectivity index (χ3n) is 3.56. The largest absolute Gasteiger partial charge is 0.497 e. The first kappa shape index (κ1) is 15.3. The average molecular weight is 299 g/mol. The predicted octanol–water partition coefficient (Wildman–Crippen LogP) is 2.46. The van der Waals surface area contributed by atoms with Gasteiger partial charge in [-0.25, -0.2) is 8.42 Å². The van der Waals surface area contributed by atoms with Gasteiger partial charge in [0.15, 0.2) is 0 Å². The molecule has 0 amide bonds. The second kappa shape index (κ2) is 6.11. The smallest absolute Gasteiger partial charge is 0.263 e. The van der Waals surface area contributed by atoms with Crippen LogP contribution >= 0.6 is 0 Å². The molecule has 1 aromatic rings. The minimum atomic E-state index is -3.66. The Kier molecular flexibility index (Phi) is 4.67. The summed E-state index contributed by atoms with van der Waals surface area (Å²) in [4.78, 5) is 7.85. The van der Waals surface area contributed by atoms with Crippen LogP contribution in [0.15, 0.2) is 17.0 Å². The Labute approximate surface area is 120 Å². The van der Waals surface area contributed by atoms with E-state index in [4.69, 9.17) is 9.57 Å². The molecule has 0 spiro atoms. The van der Waals surface area contributed by atoms with Gasteiger partial charge in [0.2, 0.25) is 0 Å². The number of nitrogens with one attached hydrogen (secondary N) is 1. The van der Waals surface area contributed by atoms with Crippen LogP contribution in [0.1, 0.15) is 36.8 Å². The molecule has 6 heteroatoms. The summed E-state index contributed by atoms with van der Waals surface area (Å²) in [5.41, 5.74) is 1.29. The molecule has 20 heavy (non-hydrogen) atoms. The molecule has 0 heterocycles. The number of rotatable bonds is 5. The average Bonchev–Trinajstić information content (AvgIpc) is 2.88. The third-order valence-corrected chi connectivity index (χ3v) is 5.06. The number of benzene rings is 1. The maximum absolute atomic E-state index is 12.4. The number of hydrogen-bond donors (Lipinski definition) is 1. The fraction of sp³-hybridized carbons (Fsp3) is 0.571. The fourth-order valence-electron chi connectivity index (χ4n) is 2.63. The van der Waals surface area contributed by atoms with E-state index in [1.165, 1.54) is 0 Å². The predicted molar refractivity (Wildman–Crippen MR) is 76.1 cm³/mol. The molecule has 1 aliphatic rings. The highest BCUT2D eigenvalue weighted by Crippen LogP contribution is 2.26. The quantitative estimate of drug-likeness (QED) is 0.848. The van der Waals surface area contributed by atoms with E-state index >= 15 is 0 Å². The normalized spacial score (nSPS) is 16.6. The lowest BCUT2D eigenvalue weighted by Crippen LogP contribution is -2.29. The number of aryl methyl sites for hydroxylation is 2. The SMILES string of the molecule is COc1cc(C)c(S(=O)(=O)NOC2CCCC2)c(C)c1. The monoisotopic (exact) mass is 299 g/mol. The maximum atomic E-state index is 12.4. The molecule has 0 saturated heterocycles. The topological polar surface area (TPSA) is 64.6 Å². The summed E-state index contributed by atoms with van der Waals surface area (Å²) in [5, 5.41) is 0. The fourth-order valence-corrected chi connectivity index (χ4v) is 3.94. The Hall–Kier alpha value is -1.11. The Bertz CT molecular complexity index is 554. The highest BCUT2D eigenvalue weighted by Gasteiger charge is 2.24. The van der Waals surface area contributed by atoms with Crippen molar-refractivity contribution in [2.24, 2.45) is 0 Å². The Morgan fingerprint density at radius 3 is 2.20 bits per heavy atom. The van der Waals surface area contributed by atoms with Gasteiger partial charge < -0.3 is 4.74 Å². The summed E-state index contributed by atoms with van der Waals surface area (Å²) in [6, 6.07) is 3.41. The van der Waals surface area contributed by atoms with Gasteiger partial charge in [0.1, 0.15) is 5.75 Å². The van der Waals surface area contributed by atoms with Crippen molar-refractivity contribution < 1.29 is 18.0 Å². The molecule has 2 rings (SSSR count). The second-order valence-electron chi connectivity index (χ2n) is 5.20. The summed E-state index contributed by atoms with van der Waals surface area (Å²) in [6.45, 7) is 3.50. The Balaban J connectivity index is 2.20. The number of hydrogen-bond acceptors (Lipinski definition) is 4. The van der Waals surface area contributed by atoms with Crippen LogP contribution in [0.25, 0.3) is 0 Å². The van der Waals surface area contributed by atoms with Crippen molar-refractivity contribution in [3.63, 3.8) is 0 Å². The van der Waals surface area contributed by atoms with E-state index in [2.05, 4.69) is 4.89 Å². The van der Waals surface area contributed by atoms with E-state index in [0.29, 0.717) is 16.9 Å². The van der Waals surface area contributed by atoms with E-state index in [1.807, 2.05) is 0 Å². The van der Waals surface area contributed by atoms with E-state index < -0.39 is 10.0 Å². The summed E-state index contributed by atoms with van der Waals surface area (Å²) in [6.07, 6.45) is 3.98. The molecule has 1 fully saturated rings. The Morgan fingerprint density at radius 1 is 1.15 bits per heavy atom. The summed E-state index contributed by atoms with van der Waals surface area (Å²) in [5.74, 6) is 0.649. The van der Waals surface area contributed by atoms with Crippen molar-refractivity contribution in [3.05, 3.63) is 23.3 Å². The van der Waals surface area contributed by atoms with Gasteiger partial charge >= 0.3 is 0 Å². The van der Waals surface area contributed by atoms with E-state index in [9.17, 15) is 8.42 Å².